The van der Waals surface area contributed by atoms with Gasteiger partial charge in [-0.15, -0.1) is 0 Å². The van der Waals surface area contributed by atoms with Gasteiger partial charge in [0.1, 0.15) is 23.1 Å². The van der Waals surface area contributed by atoms with Crippen LogP contribution in [-0.4, -0.2) is 29.1 Å². The zero-order valence-electron chi connectivity index (χ0n) is 11.1. The second kappa shape index (κ2) is 4.84. The zero-order chi connectivity index (χ0) is 13.2. The highest BCUT2D eigenvalue weighted by atomic mass is 16.5. The Labute approximate surface area is 112 Å². The molecule has 0 amide bonds. The maximum absolute atomic E-state index is 5.35. The summed E-state index contributed by atoms with van der Waals surface area (Å²) >= 11 is 0. The molecule has 0 radical (unpaired) electrons. The predicted octanol–water partition coefficient (Wildman–Crippen LogP) is 2.47. The lowest BCUT2D eigenvalue weighted by Gasteiger charge is -2.09. The van der Waals surface area contributed by atoms with Gasteiger partial charge in [-0.05, 0) is 25.0 Å². The molecule has 1 N–H and O–H groups in total. The highest BCUT2D eigenvalue weighted by Gasteiger charge is 2.27. The van der Waals surface area contributed by atoms with Gasteiger partial charge in [-0.25, -0.2) is 9.97 Å². The summed E-state index contributed by atoms with van der Waals surface area (Å²) in [6, 6.07) is 5.64. The first-order valence-corrected chi connectivity index (χ1v) is 6.38. The van der Waals surface area contributed by atoms with Crippen LogP contribution in [0.2, 0.25) is 0 Å². The summed E-state index contributed by atoms with van der Waals surface area (Å²) in [4.78, 5) is 13.5. The number of anilines is 1. The number of nitrogens with one attached hydrogen (secondary N) is 1. The molecule has 0 saturated heterocycles. The van der Waals surface area contributed by atoms with E-state index in [0.717, 1.165) is 28.8 Å². The smallest absolute Gasteiger partial charge is 0.146 e. The Hall–Kier alpha value is -2.17. The van der Waals surface area contributed by atoms with Gasteiger partial charge in [-0.2, -0.15) is 0 Å². The fraction of sp³-hybridized carbons (Fsp3) is 0.357. The van der Waals surface area contributed by atoms with Crippen LogP contribution in [0.25, 0.3) is 11.4 Å². The summed E-state index contributed by atoms with van der Waals surface area (Å²) < 4.78 is 5.35. The number of methoxy groups -OCH3 is 1. The molecule has 5 nitrogen and oxygen atoms in total. The molecular weight excluding hydrogens is 240 g/mol. The number of pyridine rings is 1. The van der Waals surface area contributed by atoms with Crippen LogP contribution in [0.3, 0.4) is 0 Å². The molecule has 1 fully saturated rings. The normalized spacial score (nSPS) is 14.2. The van der Waals surface area contributed by atoms with Gasteiger partial charge in [0.15, 0.2) is 0 Å². The first-order valence-electron chi connectivity index (χ1n) is 6.38. The van der Waals surface area contributed by atoms with Crippen molar-refractivity contribution in [3.63, 3.8) is 0 Å². The van der Waals surface area contributed by atoms with E-state index < -0.39 is 0 Å². The Kier molecular flexibility index (Phi) is 3.03. The maximum Gasteiger partial charge on any atom is 0.146 e. The van der Waals surface area contributed by atoms with Gasteiger partial charge < -0.3 is 10.1 Å². The molecule has 3 rings (SSSR count). The van der Waals surface area contributed by atoms with Crippen molar-refractivity contribution in [3.05, 3.63) is 30.2 Å². The molecule has 2 aromatic rings. The quantitative estimate of drug-likeness (QED) is 0.910. The summed E-state index contributed by atoms with van der Waals surface area (Å²) in [5.74, 6) is 2.95. The Balaban J connectivity index is 2.10. The molecule has 0 spiro atoms. The lowest BCUT2D eigenvalue weighted by Crippen LogP contribution is -2.02. The van der Waals surface area contributed by atoms with E-state index in [9.17, 15) is 0 Å². The molecule has 1 aliphatic carbocycles. The van der Waals surface area contributed by atoms with Crippen LogP contribution in [-0.2, 0) is 0 Å². The van der Waals surface area contributed by atoms with Gasteiger partial charge >= 0.3 is 0 Å². The fourth-order valence-corrected chi connectivity index (χ4v) is 1.99. The van der Waals surface area contributed by atoms with E-state index in [1.54, 1.807) is 13.3 Å². The molecule has 0 aromatic carbocycles. The number of hydrogen-bond acceptors (Lipinski definition) is 5. The van der Waals surface area contributed by atoms with E-state index in [0.29, 0.717) is 5.92 Å². The SMILES string of the molecule is CNc1cc(-c2ncccc2OC)nc(C2CC2)n1. The Morgan fingerprint density at radius 2 is 2.16 bits per heavy atom. The summed E-state index contributed by atoms with van der Waals surface area (Å²) in [6.45, 7) is 0. The fourth-order valence-electron chi connectivity index (χ4n) is 1.99. The predicted molar refractivity (Wildman–Crippen MR) is 73.3 cm³/mol. The van der Waals surface area contributed by atoms with Crippen LogP contribution in [0.5, 0.6) is 5.75 Å². The number of ether oxygens (including phenoxy) is 1. The summed E-state index contributed by atoms with van der Waals surface area (Å²) in [6.07, 6.45) is 4.09. The highest BCUT2D eigenvalue weighted by molar-refractivity contribution is 5.65. The Morgan fingerprint density at radius 1 is 1.32 bits per heavy atom. The molecule has 0 aliphatic heterocycles. The van der Waals surface area contributed by atoms with Crippen molar-refractivity contribution >= 4 is 5.82 Å². The average molecular weight is 256 g/mol. The number of hydrogen-bond donors (Lipinski definition) is 1. The van der Waals surface area contributed by atoms with Gasteiger partial charge in [-0.3, -0.25) is 4.98 Å². The van der Waals surface area contributed by atoms with E-state index in [-0.39, 0.29) is 0 Å². The van der Waals surface area contributed by atoms with Crippen LogP contribution < -0.4 is 10.1 Å². The summed E-state index contributed by atoms with van der Waals surface area (Å²) in [5.41, 5.74) is 1.56. The highest BCUT2D eigenvalue weighted by Crippen LogP contribution is 2.39. The van der Waals surface area contributed by atoms with Crippen LogP contribution >= 0.6 is 0 Å². The van der Waals surface area contributed by atoms with Gasteiger partial charge in [0.25, 0.3) is 0 Å². The number of nitrogens with zero attached hydrogens (tertiary/aromatic N) is 3. The van der Waals surface area contributed by atoms with Crippen LogP contribution in [0, 0.1) is 0 Å². The number of aromatic nitrogens is 3. The molecule has 19 heavy (non-hydrogen) atoms. The molecule has 0 bridgehead atoms. The molecule has 98 valence electrons. The molecule has 0 unspecified atom stereocenters. The molecule has 2 aromatic heterocycles. The van der Waals surface area contributed by atoms with Crippen molar-refractivity contribution in [2.75, 3.05) is 19.5 Å². The second-order valence-corrected chi connectivity index (χ2v) is 4.58. The van der Waals surface area contributed by atoms with Crippen LogP contribution in [0.1, 0.15) is 24.6 Å². The average Bonchev–Trinajstić information content (AvgIpc) is 3.31. The van der Waals surface area contributed by atoms with Gasteiger partial charge in [0, 0.05) is 25.2 Å². The summed E-state index contributed by atoms with van der Waals surface area (Å²) in [5, 5.41) is 3.08. The van der Waals surface area contributed by atoms with Gasteiger partial charge in [0.2, 0.25) is 0 Å². The van der Waals surface area contributed by atoms with Crippen molar-refractivity contribution < 1.29 is 4.74 Å². The first-order chi connectivity index (χ1) is 9.31. The van der Waals surface area contributed by atoms with E-state index in [2.05, 4.69) is 20.3 Å². The minimum atomic E-state index is 0.502. The van der Waals surface area contributed by atoms with Crippen molar-refractivity contribution in [2.45, 2.75) is 18.8 Å². The Bertz CT molecular complexity index is 596. The van der Waals surface area contributed by atoms with E-state index in [1.807, 2.05) is 25.2 Å². The van der Waals surface area contributed by atoms with Gasteiger partial charge in [0.05, 0.1) is 12.8 Å². The minimum absolute atomic E-state index is 0.502. The van der Waals surface area contributed by atoms with Crippen molar-refractivity contribution in [2.24, 2.45) is 0 Å². The van der Waals surface area contributed by atoms with Crippen LogP contribution in [0.4, 0.5) is 5.82 Å². The third kappa shape index (κ3) is 2.36. The molecular formula is C14H16N4O. The van der Waals surface area contributed by atoms with E-state index in [1.165, 1.54) is 12.8 Å². The molecule has 1 aliphatic rings. The van der Waals surface area contributed by atoms with Gasteiger partial charge in [-0.1, -0.05) is 0 Å². The van der Waals surface area contributed by atoms with Crippen molar-refractivity contribution in [1.82, 2.24) is 15.0 Å². The molecule has 2 heterocycles. The maximum atomic E-state index is 5.35. The minimum Gasteiger partial charge on any atom is -0.494 e. The van der Waals surface area contributed by atoms with E-state index >= 15 is 0 Å². The van der Waals surface area contributed by atoms with E-state index in [4.69, 9.17) is 4.74 Å². The summed E-state index contributed by atoms with van der Waals surface area (Å²) in [7, 11) is 3.50. The molecule has 1 saturated carbocycles. The monoisotopic (exact) mass is 256 g/mol. The zero-order valence-corrected chi connectivity index (χ0v) is 11.1. The second-order valence-electron chi connectivity index (χ2n) is 4.58. The Morgan fingerprint density at radius 3 is 2.84 bits per heavy atom. The third-order valence-corrected chi connectivity index (χ3v) is 3.18. The first kappa shape index (κ1) is 11.9. The number of rotatable bonds is 4. The standard InChI is InChI=1S/C14H16N4O/c1-15-12-8-10(17-14(18-12)9-5-6-9)13-11(19-2)4-3-7-16-13/h3-4,7-9H,5-6H2,1-2H3,(H,15,17,18). The molecule has 0 atom stereocenters. The lowest BCUT2D eigenvalue weighted by atomic mass is 10.2. The topological polar surface area (TPSA) is 59.9 Å². The largest absolute Gasteiger partial charge is 0.494 e. The third-order valence-electron chi connectivity index (χ3n) is 3.18. The lowest BCUT2D eigenvalue weighted by molar-refractivity contribution is 0.414. The van der Waals surface area contributed by atoms with Crippen molar-refractivity contribution in [3.8, 4) is 17.1 Å². The van der Waals surface area contributed by atoms with Crippen molar-refractivity contribution in [1.29, 1.82) is 0 Å². The van der Waals surface area contributed by atoms with Crippen LogP contribution in [0.15, 0.2) is 24.4 Å². The molecule has 5 heteroatoms.